The van der Waals surface area contributed by atoms with E-state index in [4.69, 9.17) is 4.74 Å². The topological polar surface area (TPSA) is 24.5 Å². The fourth-order valence-corrected chi connectivity index (χ4v) is 2.93. The third-order valence-corrected chi connectivity index (χ3v) is 4.17. The van der Waals surface area contributed by atoms with Crippen LogP contribution < -0.4 is 5.32 Å². The number of halogens is 1. The van der Waals surface area contributed by atoms with Crippen LogP contribution in [0.2, 0.25) is 0 Å². The first kappa shape index (κ1) is 13.9. The van der Waals surface area contributed by atoms with Crippen molar-refractivity contribution in [2.24, 2.45) is 0 Å². The van der Waals surface area contributed by atoms with Crippen LogP contribution in [-0.4, -0.2) is 44.3 Å². The lowest BCUT2D eigenvalue weighted by Gasteiger charge is -2.30. The number of hydrogen-bond acceptors (Lipinski definition) is 3. The van der Waals surface area contributed by atoms with Gasteiger partial charge in [-0.05, 0) is 42.1 Å². The van der Waals surface area contributed by atoms with Crippen LogP contribution in [0.1, 0.15) is 0 Å². The van der Waals surface area contributed by atoms with E-state index in [-0.39, 0.29) is 6.10 Å². The lowest BCUT2D eigenvalue weighted by Crippen LogP contribution is -2.43. The van der Waals surface area contributed by atoms with Crippen molar-refractivity contribution in [3.63, 3.8) is 0 Å². The van der Waals surface area contributed by atoms with Gasteiger partial charge in [-0.25, -0.2) is 0 Å². The molecule has 106 valence electrons. The molecule has 1 fully saturated rings. The van der Waals surface area contributed by atoms with Gasteiger partial charge in [-0.2, -0.15) is 0 Å². The summed E-state index contributed by atoms with van der Waals surface area (Å²) in [5.74, 6) is 0. The van der Waals surface area contributed by atoms with Gasteiger partial charge < -0.3 is 15.0 Å². The Morgan fingerprint density at radius 2 is 2.05 bits per heavy atom. The van der Waals surface area contributed by atoms with Crippen molar-refractivity contribution < 1.29 is 4.74 Å². The molecule has 2 aromatic rings. The largest absolute Gasteiger partial charge is 0.382 e. The van der Waals surface area contributed by atoms with Gasteiger partial charge in [0.05, 0.1) is 12.7 Å². The van der Waals surface area contributed by atoms with Gasteiger partial charge in [0, 0.05) is 29.8 Å². The molecule has 1 atom stereocenters. The summed E-state index contributed by atoms with van der Waals surface area (Å²) in [6.07, 6.45) is 0.273. The second kappa shape index (κ2) is 6.12. The number of nitrogens with one attached hydrogen (secondary N) is 1. The first-order valence-electron chi connectivity index (χ1n) is 6.94. The summed E-state index contributed by atoms with van der Waals surface area (Å²) < 4.78 is 6.88. The van der Waals surface area contributed by atoms with E-state index in [0.717, 1.165) is 36.4 Å². The molecule has 1 N–H and O–H groups in total. The molecular formula is C16H19BrN2O. The molecule has 1 saturated heterocycles. The molecule has 1 aliphatic rings. The summed E-state index contributed by atoms with van der Waals surface area (Å²) in [5.41, 5.74) is 1.15. The Kier molecular flexibility index (Phi) is 4.24. The summed E-state index contributed by atoms with van der Waals surface area (Å²) in [7, 11) is 2.14. The second-order valence-corrected chi connectivity index (χ2v) is 6.26. The van der Waals surface area contributed by atoms with Crippen LogP contribution in [-0.2, 0) is 4.74 Å². The first-order chi connectivity index (χ1) is 9.70. The van der Waals surface area contributed by atoms with Crippen molar-refractivity contribution in [2.45, 2.75) is 6.10 Å². The smallest absolute Gasteiger partial charge is 0.0874 e. The van der Waals surface area contributed by atoms with Crippen LogP contribution in [0.5, 0.6) is 0 Å². The van der Waals surface area contributed by atoms with Gasteiger partial charge in [0.15, 0.2) is 0 Å². The van der Waals surface area contributed by atoms with E-state index in [1.54, 1.807) is 0 Å². The average molecular weight is 335 g/mol. The van der Waals surface area contributed by atoms with Crippen molar-refractivity contribution in [3.05, 3.63) is 40.9 Å². The van der Waals surface area contributed by atoms with Crippen molar-refractivity contribution in [1.29, 1.82) is 0 Å². The maximum absolute atomic E-state index is 5.76. The zero-order valence-electron chi connectivity index (χ0n) is 11.6. The van der Waals surface area contributed by atoms with Gasteiger partial charge in [0.25, 0.3) is 0 Å². The molecule has 3 rings (SSSR count). The molecule has 4 heteroatoms. The zero-order valence-corrected chi connectivity index (χ0v) is 13.2. The number of benzene rings is 2. The molecule has 1 aliphatic heterocycles. The molecule has 3 nitrogen and oxygen atoms in total. The lowest BCUT2D eigenvalue weighted by molar-refractivity contribution is -0.0117. The third kappa shape index (κ3) is 3.32. The fourth-order valence-electron chi connectivity index (χ4n) is 2.55. The van der Waals surface area contributed by atoms with E-state index in [0.29, 0.717) is 0 Å². The van der Waals surface area contributed by atoms with Crippen molar-refractivity contribution in [1.82, 2.24) is 4.90 Å². The van der Waals surface area contributed by atoms with Crippen LogP contribution in [0.4, 0.5) is 5.69 Å². The fraction of sp³-hybridized carbons (Fsp3) is 0.375. The molecule has 0 radical (unpaired) electrons. The molecular weight excluding hydrogens is 316 g/mol. The summed E-state index contributed by atoms with van der Waals surface area (Å²) in [5, 5.41) is 5.98. The molecule has 0 aromatic heterocycles. The van der Waals surface area contributed by atoms with Crippen LogP contribution in [0.25, 0.3) is 10.8 Å². The Hall–Kier alpha value is -1.10. The Balaban J connectivity index is 1.67. The summed E-state index contributed by atoms with van der Waals surface area (Å²) in [6.45, 7) is 3.70. The molecule has 2 aromatic carbocycles. The van der Waals surface area contributed by atoms with Crippen LogP contribution in [0, 0.1) is 0 Å². The number of anilines is 1. The number of nitrogens with zero attached hydrogens (tertiary/aromatic N) is 1. The van der Waals surface area contributed by atoms with E-state index in [9.17, 15) is 0 Å². The number of fused-ring (bicyclic) bond motifs is 1. The molecule has 0 spiro atoms. The Morgan fingerprint density at radius 1 is 1.25 bits per heavy atom. The van der Waals surface area contributed by atoms with Crippen molar-refractivity contribution in [3.8, 4) is 0 Å². The maximum Gasteiger partial charge on any atom is 0.0874 e. The third-order valence-electron chi connectivity index (χ3n) is 3.68. The number of likely N-dealkylation sites (N-methyl/N-ethyl adjacent to an activating group) is 1. The zero-order chi connectivity index (χ0) is 13.9. The van der Waals surface area contributed by atoms with E-state index >= 15 is 0 Å². The molecule has 0 saturated carbocycles. The number of hydrogen-bond donors (Lipinski definition) is 1. The predicted octanol–water partition coefficient (Wildman–Crippen LogP) is 3.34. The van der Waals surface area contributed by atoms with Crippen molar-refractivity contribution in [2.75, 3.05) is 38.6 Å². The minimum atomic E-state index is 0.273. The normalized spacial score (nSPS) is 20.2. The van der Waals surface area contributed by atoms with Gasteiger partial charge in [0.2, 0.25) is 0 Å². The highest BCUT2D eigenvalue weighted by Gasteiger charge is 2.17. The van der Waals surface area contributed by atoms with Gasteiger partial charge in [-0.3, -0.25) is 0 Å². The van der Waals surface area contributed by atoms with Gasteiger partial charge in [0.1, 0.15) is 0 Å². The molecule has 20 heavy (non-hydrogen) atoms. The highest BCUT2D eigenvalue weighted by Crippen LogP contribution is 2.23. The quantitative estimate of drug-likeness (QED) is 0.931. The second-order valence-electron chi connectivity index (χ2n) is 5.34. The Morgan fingerprint density at radius 3 is 2.90 bits per heavy atom. The van der Waals surface area contributed by atoms with E-state index in [1.165, 1.54) is 10.8 Å². The standard InChI is InChI=1S/C16H19BrN2O/c1-19-6-7-20-16(11-19)10-18-15-5-3-12-8-14(17)4-2-13(12)9-15/h2-5,8-9,16,18H,6-7,10-11H2,1H3. The molecule has 1 heterocycles. The molecule has 0 amide bonds. The van der Waals surface area contributed by atoms with E-state index in [1.807, 2.05) is 0 Å². The number of rotatable bonds is 3. The SMILES string of the molecule is CN1CCOC(CNc2ccc3cc(Br)ccc3c2)C1. The highest BCUT2D eigenvalue weighted by atomic mass is 79.9. The van der Waals surface area contributed by atoms with Crippen LogP contribution >= 0.6 is 15.9 Å². The Labute approximate surface area is 128 Å². The number of ether oxygens (including phenoxy) is 1. The van der Waals surface area contributed by atoms with Gasteiger partial charge in [-0.15, -0.1) is 0 Å². The van der Waals surface area contributed by atoms with Crippen LogP contribution in [0.3, 0.4) is 0 Å². The highest BCUT2D eigenvalue weighted by molar-refractivity contribution is 9.10. The molecule has 1 unspecified atom stereocenters. The average Bonchev–Trinajstić information content (AvgIpc) is 2.45. The predicted molar refractivity (Wildman–Crippen MR) is 87.4 cm³/mol. The van der Waals surface area contributed by atoms with Gasteiger partial charge >= 0.3 is 0 Å². The van der Waals surface area contributed by atoms with E-state index < -0.39 is 0 Å². The van der Waals surface area contributed by atoms with Gasteiger partial charge in [-0.1, -0.05) is 28.1 Å². The minimum absolute atomic E-state index is 0.273. The lowest BCUT2D eigenvalue weighted by atomic mass is 10.1. The first-order valence-corrected chi connectivity index (χ1v) is 7.73. The minimum Gasteiger partial charge on any atom is -0.382 e. The van der Waals surface area contributed by atoms with Crippen molar-refractivity contribution >= 4 is 32.4 Å². The maximum atomic E-state index is 5.76. The molecule has 0 bridgehead atoms. The Bertz CT molecular complexity index is 602. The molecule has 0 aliphatic carbocycles. The van der Waals surface area contributed by atoms with E-state index in [2.05, 4.69) is 69.6 Å². The summed E-state index contributed by atoms with van der Waals surface area (Å²) in [6, 6.07) is 12.8. The summed E-state index contributed by atoms with van der Waals surface area (Å²) >= 11 is 3.50. The summed E-state index contributed by atoms with van der Waals surface area (Å²) in [4.78, 5) is 2.31. The monoisotopic (exact) mass is 334 g/mol. The number of morpholine rings is 1. The van der Waals surface area contributed by atoms with Crippen LogP contribution in [0.15, 0.2) is 40.9 Å².